The van der Waals surface area contributed by atoms with Crippen molar-refractivity contribution in [3.05, 3.63) is 0 Å². The molecule has 1 fully saturated rings. The van der Waals surface area contributed by atoms with E-state index in [0.29, 0.717) is 6.42 Å². The van der Waals surface area contributed by atoms with Crippen molar-refractivity contribution < 1.29 is 28.6 Å². The maximum absolute atomic E-state index is 12.9. The predicted molar refractivity (Wildman–Crippen MR) is 188 cm³/mol. The number of unbranched alkanes of at least 4 members (excludes halogenated alkanes) is 20. The summed E-state index contributed by atoms with van der Waals surface area (Å²) >= 11 is 0. The molecule has 0 unspecified atom stereocenters. The molecule has 0 spiro atoms. The first-order chi connectivity index (χ1) is 22.5. The fourth-order valence-electron chi connectivity index (χ4n) is 5.93. The Hall–Kier alpha value is -1.67. The van der Waals surface area contributed by atoms with Crippen LogP contribution in [0.5, 0.6) is 0 Å². The van der Waals surface area contributed by atoms with Crippen LogP contribution < -0.4 is 0 Å². The molecule has 0 saturated carbocycles. The minimum atomic E-state index is -1.64. The van der Waals surface area contributed by atoms with Crippen molar-refractivity contribution in [2.24, 2.45) is 0 Å². The van der Waals surface area contributed by atoms with E-state index in [1.165, 1.54) is 103 Å². The van der Waals surface area contributed by atoms with Gasteiger partial charge in [0.25, 0.3) is 6.10 Å². The van der Waals surface area contributed by atoms with Gasteiger partial charge in [-0.1, -0.05) is 142 Å². The third kappa shape index (κ3) is 24.5. The van der Waals surface area contributed by atoms with Gasteiger partial charge in [-0.15, -0.1) is 0 Å². The van der Waals surface area contributed by atoms with Crippen molar-refractivity contribution >= 4 is 17.9 Å². The number of piperazine rings is 1. The standard InChI is InChI=1S/C38H72N2O6/c1-4-6-8-10-12-14-16-18-20-22-24-33-44-37(42)36(46-35(41)27-26-28-40-31-29-39(3)30-32-40)38(43)45-34-25-23-21-19-17-15-13-11-9-7-5-2/h36H,4-34H2,1-3H3. The summed E-state index contributed by atoms with van der Waals surface area (Å²) < 4.78 is 16.2. The lowest BCUT2D eigenvalue weighted by molar-refractivity contribution is -0.180. The molecule has 0 N–H and O–H groups in total. The second-order valence-electron chi connectivity index (χ2n) is 13.5. The Morgan fingerprint density at radius 3 is 1.28 bits per heavy atom. The van der Waals surface area contributed by atoms with Crippen LogP contribution in [0.3, 0.4) is 0 Å². The molecule has 1 rings (SSSR count). The van der Waals surface area contributed by atoms with Gasteiger partial charge in [0.2, 0.25) is 0 Å². The molecule has 0 aromatic carbocycles. The fraction of sp³-hybridized carbons (Fsp3) is 0.921. The van der Waals surface area contributed by atoms with Gasteiger partial charge in [-0.05, 0) is 32.9 Å². The molecule has 270 valence electrons. The molecule has 8 heteroatoms. The molecule has 0 radical (unpaired) electrons. The van der Waals surface area contributed by atoms with Crippen LogP contribution in [0.1, 0.15) is 168 Å². The zero-order valence-electron chi connectivity index (χ0n) is 30.3. The van der Waals surface area contributed by atoms with E-state index >= 15 is 0 Å². The van der Waals surface area contributed by atoms with Gasteiger partial charge in [0.1, 0.15) is 0 Å². The Bertz CT molecular complexity index is 701. The van der Waals surface area contributed by atoms with Gasteiger partial charge in [0.05, 0.1) is 13.2 Å². The van der Waals surface area contributed by atoms with Crippen LogP contribution in [-0.4, -0.2) is 86.8 Å². The highest BCUT2D eigenvalue weighted by molar-refractivity contribution is 5.99. The Morgan fingerprint density at radius 2 is 0.891 bits per heavy atom. The molecule has 0 aromatic rings. The highest BCUT2D eigenvalue weighted by Gasteiger charge is 2.34. The summed E-state index contributed by atoms with van der Waals surface area (Å²) in [6, 6.07) is 0. The van der Waals surface area contributed by atoms with E-state index in [9.17, 15) is 14.4 Å². The van der Waals surface area contributed by atoms with E-state index in [2.05, 4.69) is 30.7 Å². The van der Waals surface area contributed by atoms with Crippen LogP contribution in [0, 0.1) is 0 Å². The Morgan fingerprint density at radius 1 is 0.522 bits per heavy atom. The topological polar surface area (TPSA) is 85.4 Å². The van der Waals surface area contributed by atoms with Crippen molar-refractivity contribution in [3.8, 4) is 0 Å². The zero-order chi connectivity index (χ0) is 33.5. The van der Waals surface area contributed by atoms with Crippen molar-refractivity contribution in [1.29, 1.82) is 0 Å². The second-order valence-corrected chi connectivity index (χ2v) is 13.5. The van der Waals surface area contributed by atoms with Crippen LogP contribution in [0.4, 0.5) is 0 Å². The van der Waals surface area contributed by atoms with Crippen LogP contribution in [0.2, 0.25) is 0 Å². The third-order valence-electron chi connectivity index (χ3n) is 9.11. The fourth-order valence-corrected chi connectivity index (χ4v) is 5.93. The van der Waals surface area contributed by atoms with E-state index in [4.69, 9.17) is 14.2 Å². The third-order valence-corrected chi connectivity index (χ3v) is 9.11. The van der Waals surface area contributed by atoms with Crippen molar-refractivity contribution in [2.45, 2.75) is 174 Å². The number of ether oxygens (including phenoxy) is 3. The first-order valence-corrected chi connectivity index (χ1v) is 19.4. The monoisotopic (exact) mass is 653 g/mol. The lowest BCUT2D eigenvalue weighted by Crippen LogP contribution is -2.44. The van der Waals surface area contributed by atoms with Crippen LogP contribution in [0.25, 0.3) is 0 Å². The summed E-state index contributed by atoms with van der Waals surface area (Å²) in [5.74, 6) is -2.19. The zero-order valence-corrected chi connectivity index (χ0v) is 30.3. The van der Waals surface area contributed by atoms with Crippen LogP contribution >= 0.6 is 0 Å². The van der Waals surface area contributed by atoms with E-state index in [1.807, 2.05) is 0 Å². The normalized spacial score (nSPS) is 14.1. The minimum absolute atomic E-state index is 0.153. The molecule has 1 saturated heterocycles. The predicted octanol–water partition coefficient (Wildman–Crippen LogP) is 8.63. The van der Waals surface area contributed by atoms with Crippen molar-refractivity contribution in [2.75, 3.05) is 53.0 Å². The summed E-state index contributed by atoms with van der Waals surface area (Å²) in [6.07, 6.45) is 25.5. The molecule has 1 heterocycles. The van der Waals surface area contributed by atoms with Crippen molar-refractivity contribution in [1.82, 2.24) is 9.80 Å². The second kappa shape index (κ2) is 30.7. The Balaban J connectivity index is 2.33. The van der Waals surface area contributed by atoms with Crippen LogP contribution in [-0.2, 0) is 28.6 Å². The molecule has 0 aromatic heterocycles. The Labute approximate surface area is 283 Å². The highest BCUT2D eigenvalue weighted by atomic mass is 16.6. The Kier molecular flexibility index (Phi) is 28.2. The van der Waals surface area contributed by atoms with E-state index in [0.717, 1.165) is 71.2 Å². The minimum Gasteiger partial charge on any atom is -0.462 e. The number of nitrogens with zero attached hydrogens (tertiary/aromatic N) is 2. The van der Waals surface area contributed by atoms with Crippen molar-refractivity contribution in [3.63, 3.8) is 0 Å². The summed E-state index contributed by atoms with van der Waals surface area (Å²) in [4.78, 5) is 43.0. The lowest BCUT2D eigenvalue weighted by atomic mass is 10.1. The number of rotatable bonds is 31. The largest absolute Gasteiger partial charge is 0.462 e. The van der Waals surface area contributed by atoms with Gasteiger partial charge in [0.15, 0.2) is 0 Å². The molecule has 1 aliphatic rings. The number of esters is 3. The average Bonchev–Trinajstić information content (AvgIpc) is 3.05. The maximum Gasteiger partial charge on any atom is 0.359 e. The molecule has 46 heavy (non-hydrogen) atoms. The number of carbonyl (C=O) groups is 3. The molecule has 0 atom stereocenters. The smallest absolute Gasteiger partial charge is 0.359 e. The number of likely N-dealkylation sites (N-methyl/N-ethyl adjacent to an activating group) is 1. The summed E-state index contributed by atoms with van der Waals surface area (Å²) in [5.41, 5.74) is 0. The number of hydrogen-bond acceptors (Lipinski definition) is 8. The van der Waals surface area contributed by atoms with Gasteiger partial charge < -0.3 is 24.0 Å². The summed E-state index contributed by atoms with van der Waals surface area (Å²) in [6.45, 7) is 9.71. The molecular weight excluding hydrogens is 580 g/mol. The molecule has 0 bridgehead atoms. The van der Waals surface area contributed by atoms with Gasteiger partial charge in [0, 0.05) is 32.6 Å². The molecule has 8 nitrogen and oxygen atoms in total. The van der Waals surface area contributed by atoms with E-state index < -0.39 is 24.0 Å². The van der Waals surface area contributed by atoms with E-state index in [-0.39, 0.29) is 19.6 Å². The first-order valence-electron chi connectivity index (χ1n) is 19.4. The first kappa shape index (κ1) is 42.4. The average molecular weight is 653 g/mol. The quantitative estimate of drug-likeness (QED) is 0.0318. The maximum atomic E-state index is 12.9. The van der Waals surface area contributed by atoms with Gasteiger partial charge in [-0.2, -0.15) is 0 Å². The number of hydrogen-bond donors (Lipinski definition) is 0. The van der Waals surface area contributed by atoms with Gasteiger partial charge in [-0.25, -0.2) is 9.59 Å². The van der Waals surface area contributed by atoms with Gasteiger partial charge >= 0.3 is 17.9 Å². The van der Waals surface area contributed by atoms with Crippen LogP contribution in [0.15, 0.2) is 0 Å². The SMILES string of the molecule is CCCCCCCCCCCCCOC(=O)C(OC(=O)CCCN1CCN(C)CC1)C(=O)OCCCCCCCCCCCCC. The molecule has 1 aliphatic heterocycles. The highest BCUT2D eigenvalue weighted by Crippen LogP contribution is 2.14. The lowest BCUT2D eigenvalue weighted by Gasteiger charge is -2.32. The van der Waals surface area contributed by atoms with Gasteiger partial charge in [-0.3, -0.25) is 4.79 Å². The van der Waals surface area contributed by atoms with E-state index in [1.54, 1.807) is 0 Å². The number of carbonyl (C=O) groups excluding carboxylic acids is 3. The molecule has 0 amide bonds. The molecular formula is C38H72N2O6. The summed E-state index contributed by atoms with van der Waals surface area (Å²) in [7, 11) is 2.11. The summed E-state index contributed by atoms with van der Waals surface area (Å²) in [5, 5.41) is 0. The molecule has 0 aliphatic carbocycles.